The van der Waals surface area contributed by atoms with Crippen LogP contribution < -0.4 is 5.32 Å². The highest BCUT2D eigenvalue weighted by Gasteiger charge is 2.11. The highest BCUT2D eigenvalue weighted by atomic mass is 35.5. The number of anilines is 1. The molecule has 0 aromatic heterocycles. The number of carbonyl (C=O) groups is 2. The Balaban J connectivity index is 1.61. The van der Waals surface area contributed by atoms with Gasteiger partial charge in [-0.15, -0.1) is 0 Å². The SMILES string of the molecule is CCCOC(=O)Cc1ccc(Sc2ccc(NC(=O)c3ccc(Cl)c(Cl)c3)cc2)c(Cl)c1. The normalized spacial score (nSPS) is 10.6. The van der Waals surface area contributed by atoms with E-state index < -0.39 is 0 Å². The predicted octanol–water partition coefficient (Wildman–Crippen LogP) is 7.55. The lowest BCUT2D eigenvalue weighted by molar-refractivity contribution is -0.142. The number of hydrogen-bond acceptors (Lipinski definition) is 4. The van der Waals surface area contributed by atoms with E-state index in [-0.39, 0.29) is 18.3 Å². The van der Waals surface area contributed by atoms with Crippen LogP contribution in [0.3, 0.4) is 0 Å². The summed E-state index contributed by atoms with van der Waals surface area (Å²) in [4.78, 5) is 26.0. The minimum absolute atomic E-state index is 0.192. The molecular weight excluding hydrogens is 489 g/mol. The molecule has 0 aliphatic heterocycles. The lowest BCUT2D eigenvalue weighted by Crippen LogP contribution is -2.11. The largest absolute Gasteiger partial charge is 0.465 e. The number of rotatable bonds is 8. The fourth-order valence-electron chi connectivity index (χ4n) is 2.74. The van der Waals surface area contributed by atoms with Crippen LogP contribution in [0, 0.1) is 0 Å². The maximum absolute atomic E-state index is 12.4. The fourth-order valence-corrected chi connectivity index (χ4v) is 4.18. The topological polar surface area (TPSA) is 55.4 Å². The van der Waals surface area contributed by atoms with E-state index in [9.17, 15) is 9.59 Å². The monoisotopic (exact) mass is 507 g/mol. The number of hydrogen-bond donors (Lipinski definition) is 1. The molecule has 0 heterocycles. The molecular formula is C24H20Cl3NO3S. The van der Waals surface area contributed by atoms with E-state index >= 15 is 0 Å². The third-order valence-electron chi connectivity index (χ3n) is 4.33. The Hall–Kier alpha value is -2.18. The summed E-state index contributed by atoms with van der Waals surface area (Å²) in [6, 6.07) is 17.7. The van der Waals surface area contributed by atoms with E-state index in [1.54, 1.807) is 18.2 Å². The number of halogens is 3. The maximum atomic E-state index is 12.4. The first kappa shape index (κ1) is 24.5. The first-order valence-electron chi connectivity index (χ1n) is 9.84. The fraction of sp³-hybridized carbons (Fsp3) is 0.167. The van der Waals surface area contributed by atoms with E-state index in [1.165, 1.54) is 17.8 Å². The molecule has 3 aromatic carbocycles. The van der Waals surface area contributed by atoms with Crippen molar-refractivity contribution >= 4 is 64.1 Å². The van der Waals surface area contributed by atoms with Crippen molar-refractivity contribution in [1.82, 2.24) is 0 Å². The number of amides is 1. The van der Waals surface area contributed by atoms with Gasteiger partial charge in [-0.25, -0.2) is 0 Å². The molecule has 0 saturated carbocycles. The molecule has 0 radical (unpaired) electrons. The summed E-state index contributed by atoms with van der Waals surface area (Å²) in [6.07, 6.45) is 0.984. The van der Waals surface area contributed by atoms with Gasteiger partial charge in [-0.2, -0.15) is 0 Å². The van der Waals surface area contributed by atoms with Crippen molar-refractivity contribution in [3.63, 3.8) is 0 Å². The summed E-state index contributed by atoms with van der Waals surface area (Å²) in [5.41, 5.74) is 1.88. The van der Waals surface area contributed by atoms with Crippen LogP contribution in [0.2, 0.25) is 15.1 Å². The summed E-state index contributed by atoms with van der Waals surface area (Å²) >= 11 is 19.8. The van der Waals surface area contributed by atoms with Crippen molar-refractivity contribution in [3.8, 4) is 0 Å². The molecule has 0 spiro atoms. The van der Waals surface area contributed by atoms with E-state index in [0.29, 0.717) is 32.9 Å². The molecule has 0 aliphatic rings. The number of esters is 1. The molecule has 3 rings (SSSR count). The molecule has 166 valence electrons. The van der Waals surface area contributed by atoms with Gasteiger partial charge < -0.3 is 10.1 Å². The average molecular weight is 509 g/mol. The van der Waals surface area contributed by atoms with Crippen molar-refractivity contribution in [2.75, 3.05) is 11.9 Å². The van der Waals surface area contributed by atoms with E-state index in [1.807, 2.05) is 43.3 Å². The lowest BCUT2D eigenvalue weighted by atomic mass is 10.1. The zero-order valence-electron chi connectivity index (χ0n) is 17.2. The molecule has 0 aliphatic carbocycles. The summed E-state index contributed by atoms with van der Waals surface area (Å²) in [7, 11) is 0. The molecule has 4 nitrogen and oxygen atoms in total. The van der Waals surface area contributed by atoms with Crippen molar-refractivity contribution in [2.24, 2.45) is 0 Å². The molecule has 0 unspecified atom stereocenters. The van der Waals surface area contributed by atoms with Gasteiger partial charge in [-0.3, -0.25) is 9.59 Å². The first-order chi connectivity index (χ1) is 15.4. The van der Waals surface area contributed by atoms with Crippen molar-refractivity contribution in [1.29, 1.82) is 0 Å². The summed E-state index contributed by atoms with van der Waals surface area (Å²) in [6.45, 7) is 2.37. The summed E-state index contributed by atoms with van der Waals surface area (Å²) < 4.78 is 5.11. The third kappa shape index (κ3) is 6.91. The molecule has 1 amide bonds. The van der Waals surface area contributed by atoms with Gasteiger partial charge in [-0.1, -0.05) is 59.6 Å². The summed E-state index contributed by atoms with van der Waals surface area (Å²) in [5.74, 6) is -0.540. The van der Waals surface area contributed by atoms with Crippen LogP contribution in [0.5, 0.6) is 0 Å². The van der Waals surface area contributed by atoms with Crippen LogP contribution in [0.25, 0.3) is 0 Å². The Bertz CT molecular complexity index is 1120. The summed E-state index contributed by atoms with van der Waals surface area (Å²) in [5, 5.41) is 4.11. The minimum atomic E-state index is -0.278. The van der Waals surface area contributed by atoms with Gasteiger partial charge >= 0.3 is 5.97 Å². The second-order valence-corrected chi connectivity index (χ2v) is 9.21. The van der Waals surface area contributed by atoms with Crippen LogP contribution in [-0.4, -0.2) is 18.5 Å². The van der Waals surface area contributed by atoms with Gasteiger partial charge in [0, 0.05) is 21.0 Å². The molecule has 0 atom stereocenters. The van der Waals surface area contributed by atoms with Gasteiger partial charge in [0.15, 0.2) is 0 Å². The zero-order valence-corrected chi connectivity index (χ0v) is 20.2. The van der Waals surface area contributed by atoms with Crippen molar-refractivity contribution in [3.05, 3.63) is 86.9 Å². The number of benzene rings is 3. The second-order valence-electron chi connectivity index (χ2n) is 6.87. The van der Waals surface area contributed by atoms with Gasteiger partial charge in [-0.05, 0) is 66.6 Å². The van der Waals surface area contributed by atoms with Crippen molar-refractivity contribution in [2.45, 2.75) is 29.6 Å². The highest BCUT2D eigenvalue weighted by molar-refractivity contribution is 7.99. The van der Waals surface area contributed by atoms with Crippen LogP contribution in [0.1, 0.15) is 29.3 Å². The smallest absolute Gasteiger partial charge is 0.310 e. The Morgan fingerprint density at radius 3 is 2.31 bits per heavy atom. The van der Waals surface area contributed by atoms with Crippen LogP contribution in [0.4, 0.5) is 5.69 Å². The second kappa shape index (κ2) is 11.6. The minimum Gasteiger partial charge on any atom is -0.465 e. The number of carbonyl (C=O) groups excluding carboxylic acids is 2. The standard InChI is InChI=1S/C24H20Cl3NO3S/c1-2-11-31-23(29)13-15-3-10-22(21(27)12-15)32-18-7-5-17(6-8-18)28-24(30)16-4-9-19(25)20(26)14-16/h3-10,12,14H,2,11,13H2,1H3,(H,28,30). The molecule has 8 heteroatoms. The molecule has 0 fully saturated rings. The Morgan fingerprint density at radius 1 is 0.906 bits per heavy atom. The molecule has 1 N–H and O–H groups in total. The molecule has 0 bridgehead atoms. The number of nitrogens with one attached hydrogen (secondary N) is 1. The van der Waals surface area contributed by atoms with Crippen LogP contribution >= 0.6 is 46.6 Å². The van der Waals surface area contributed by atoms with Gasteiger partial charge in [0.1, 0.15) is 0 Å². The molecule has 0 saturated heterocycles. The third-order valence-corrected chi connectivity index (χ3v) is 6.58. The van der Waals surface area contributed by atoms with Gasteiger partial charge in [0.25, 0.3) is 5.91 Å². The Kier molecular flexibility index (Phi) is 8.88. The predicted molar refractivity (Wildman–Crippen MR) is 131 cm³/mol. The van der Waals surface area contributed by atoms with Crippen molar-refractivity contribution < 1.29 is 14.3 Å². The van der Waals surface area contributed by atoms with E-state index in [0.717, 1.165) is 21.8 Å². The average Bonchev–Trinajstić information content (AvgIpc) is 2.77. The van der Waals surface area contributed by atoms with E-state index in [2.05, 4.69) is 5.32 Å². The maximum Gasteiger partial charge on any atom is 0.310 e. The quantitative estimate of drug-likeness (QED) is 0.319. The molecule has 32 heavy (non-hydrogen) atoms. The zero-order chi connectivity index (χ0) is 23.1. The number of ether oxygens (including phenoxy) is 1. The van der Waals surface area contributed by atoms with Crippen LogP contribution in [-0.2, 0) is 16.0 Å². The van der Waals surface area contributed by atoms with E-state index in [4.69, 9.17) is 39.5 Å². The Labute approximate surface area is 206 Å². The first-order valence-corrected chi connectivity index (χ1v) is 11.8. The molecule has 3 aromatic rings. The lowest BCUT2D eigenvalue weighted by Gasteiger charge is -2.09. The Morgan fingerprint density at radius 2 is 1.66 bits per heavy atom. The van der Waals surface area contributed by atoms with Crippen LogP contribution in [0.15, 0.2) is 70.5 Å². The van der Waals surface area contributed by atoms with Gasteiger partial charge in [0.05, 0.1) is 28.1 Å². The van der Waals surface area contributed by atoms with Gasteiger partial charge in [0.2, 0.25) is 0 Å². The highest BCUT2D eigenvalue weighted by Crippen LogP contribution is 2.34.